The van der Waals surface area contributed by atoms with Crippen LogP contribution in [0.5, 0.6) is 0 Å². The molecule has 0 spiro atoms. The molecule has 0 radical (unpaired) electrons. The molecule has 0 saturated heterocycles. The number of quaternary nitrogens is 1. The van der Waals surface area contributed by atoms with Crippen LogP contribution in [0.4, 0.5) is 11.5 Å². The monoisotopic (exact) mass is 458 g/mol. The zero-order chi connectivity index (χ0) is 24.3. The van der Waals surface area contributed by atoms with E-state index < -0.39 is 10.6 Å². The fourth-order valence-corrected chi connectivity index (χ4v) is 3.91. The Bertz CT molecular complexity index is 1270. The first kappa shape index (κ1) is 23.3. The summed E-state index contributed by atoms with van der Waals surface area (Å²) in [6.07, 6.45) is 6.39. The molecule has 4 rings (SSSR count). The lowest BCUT2D eigenvalue weighted by Gasteiger charge is -2.40. The highest BCUT2D eigenvalue weighted by Gasteiger charge is 2.34. The lowest BCUT2D eigenvalue weighted by atomic mass is 9.99. The predicted octanol–water partition coefficient (Wildman–Crippen LogP) is 4.42. The Morgan fingerprint density at radius 1 is 1.15 bits per heavy atom. The van der Waals surface area contributed by atoms with Crippen LogP contribution in [0.3, 0.4) is 0 Å². The van der Waals surface area contributed by atoms with Gasteiger partial charge in [-0.05, 0) is 44.5 Å². The van der Waals surface area contributed by atoms with Gasteiger partial charge in [-0.3, -0.25) is 14.4 Å². The van der Waals surface area contributed by atoms with Crippen molar-refractivity contribution < 1.29 is 14.3 Å². The smallest absolute Gasteiger partial charge is 0.339 e. The SMILES string of the molecule is CCOC(=O)c1cncc(-c2cccc([N+]3([O-])C=C(C(=O)NC(C)C)Cc4cccnc43)c2)c1. The number of nitrogens with one attached hydrogen (secondary N) is 1. The van der Waals surface area contributed by atoms with Gasteiger partial charge in [-0.2, -0.15) is 0 Å². The van der Waals surface area contributed by atoms with Crippen molar-refractivity contribution in [1.82, 2.24) is 19.9 Å². The molecule has 3 heterocycles. The Hall–Kier alpha value is -3.88. The second-order valence-electron chi connectivity index (χ2n) is 8.34. The van der Waals surface area contributed by atoms with Gasteiger partial charge in [-0.15, -0.1) is 0 Å². The summed E-state index contributed by atoms with van der Waals surface area (Å²) in [5, 5.41) is 17.2. The van der Waals surface area contributed by atoms with Crippen LogP contribution in [0.2, 0.25) is 0 Å². The van der Waals surface area contributed by atoms with E-state index in [4.69, 9.17) is 4.74 Å². The Morgan fingerprint density at radius 2 is 1.97 bits per heavy atom. The van der Waals surface area contributed by atoms with Gasteiger partial charge in [0.2, 0.25) is 5.82 Å². The number of hydrogen-bond acceptors (Lipinski definition) is 6. The van der Waals surface area contributed by atoms with Crippen molar-refractivity contribution in [2.45, 2.75) is 33.2 Å². The molecular formula is C26H26N4O4. The molecule has 1 atom stereocenters. The lowest BCUT2D eigenvalue weighted by Crippen LogP contribution is -2.40. The van der Waals surface area contributed by atoms with Crippen LogP contribution in [-0.4, -0.2) is 34.5 Å². The fourth-order valence-electron chi connectivity index (χ4n) is 3.91. The number of hydrogen-bond donors (Lipinski definition) is 1. The van der Waals surface area contributed by atoms with Crippen molar-refractivity contribution in [3.05, 3.63) is 89.2 Å². The fraction of sp³-hybridized carbons (Fsp3) is 0.231. The first-order valence-corrected chi connectivity index (χ1v) is 11.1. The highest BCUT2D eigenvalue weighted by molar-refractivity contribution is 5.95. The van der Waals surface area contributed by atoms with Crippen LogP contribution in [0.15, 0.2) is 72.8 Å². The topological polar surface area (TPSA) is 104 Å². The maximum absolute atomic E-state index is 14.3. The summed E-state index contributed by atoms with van der Waals surface area (Å²) < 4.78 is 4.06. The zero-order valence-corrected chi connectivity index (χ0v) is 19.3. The number of ether oxygens (including phenoxy) is 1. The minimum atomic E-state index is -1.00. The third kappa shape index (κ3) is 4.59. The third-order valence-electron chi connectivity index (χ3n) is 5.42. The molecule has 8 heteroatoms. The summed E-state index contributed by atoms with van der Waals surface area (Å²) >= 11 is 0. The maximum atomic E-state index is 14.3. The number of carbonyl (C=O) groups excluding carboxylic acids is 2. The highest BCUT2D eigenvalue weighted by atomic mass is 16.5. The van der Waals surface area contributed by atoms with Crippen LogP contribution in [0.25, 0.3) is 11.1 Å². The van der Waals surface area contributed by atoms with Crippen LogP contribution in [-0.2, 0) is 16.0 Å². The lowest BCUT2D eigenvalue weighted by molar-refractivity contribution is -0.118. The number of amides is 1. The number of esters is 1. The molecular weight excluding hydrogens is 432 g/mol. The molecule has 1 aromatic carbocycles. The van der Waals surface area contributed by atoms with E-state index in [2.05, 4.69) is 15.3 Å². The summed E-state index contributed by atoms with van der Waals surface area (Å²) in [6, 6.07) is 12.2. The second-order valence-corrected chi connectivity index (χ2v) is 8.34. The standard InChI is InChI=1S/C26H26N4O4/c1-4-34-26(32)21-12-20(14-27-15-21)18-7-5-9-23(13-18)30(33)16-22(25(31)29-17(2)3)11-19-8-6-10-28-24(19)30/h5-10,12-17H,4,11H2,1-3H3,(H,29,31). The normalized spacial score (nSPS) is 17.0. The van der Waals surface area contributed by atoms with Crippen molar-refractivity contribution in [1.29, 1.82) is 0 Å². The Balaban J connectivity index is 1.79. The van der Waals surface area contributed by atoms with Gasteiger partial charge >= 0.3 is 5.97 Å². The summed E-state index contributed by atoms with van der Waals surface area (Å²) in [4.78, 5) is 33.5. The Labute approximate surface area is 198 Å². The number of nitrogens with zero attached hydrogens (tertiary/aromatic N) is 3. The molecule has 3 aromatic rings. The van der Waals surface area contributed by atoms with Gasteiger partial charge in [0.15, 0.2) is 0 Å². The van der Waals surface area contributed by atoms with Gasteiger partial charge in [0, 0.05) is 54.3 Å². The van der Waals surface area contributed by atoms with E-state index in [0.717, 1.165) is 0 Å². The molecule has 34 heavy (non-hydrogen) atoms. The van der Waals surface area contributed by atoms with Crippen molar-refractivity contribution in [2.24, 2.45) is 0 Å². The minimum absolute atomic E-state index is 0.0558. The molecule has 0 bridgehead atoms. The predicted molar refractivity (Wildman–Crippen MR) is 130 cm³/mol. The number of benzene rings is 1. The van der Waals surface area contributed by atoms with E-state index in [1.807, 2.05) is 26.0 Å². The van der Waals surface area contributed by atoms with Gasteiger partial charge in [0.25, 0.3) is 5.91 Å². The highest BCUT2D eigenvalue weighted by Crippen LogP contribution is 2.41. The van der Waals surface area contributed by atoms with Crippen molar-refractivity contribution in [3.8, 4) is 11.1 Å². The van der Waals surface area contributed by atoms with Crippen LogP contribution in [0, 0.1) is 5.21 Å². The van der Waals surface area contributed by atoms with E-state index in [0.29, 0.717) is 45.8 Å². The molecule has 1 aliphatic rings. The summed E-state index contributed by atoms with van der Waals surface area (Å²) in [6.45, 7) is 5.75. The first-order valence-electron chi connectivity index (χ1n) is 11.1. The number of rotatable bonds is 6. The molecule has 1 N–H and O–H groups in total. The number of fused-ring (bicyclic) bond motifs is 1. The number of carbonyl (C=O) groups is 2. The van der Waals surface area contributed by atoms with Gasteiger partial charge in [0.1, 0.15) is 11.9 Å². The summed E-state index contributed by atoms with van der Waals surface area (Å²) in [5.41, 5.74) is 3.17. The first-order chi connectivity index (χ1) is 16.3. The Morgan fingerprint density at radius 3 is 2.74 bits per heavy atom. The zero-order valence-electron chi connectivity index (χ0n) is 19.3. The quantitative estimate of drug-likeness (QED) is 0.333. The molecule has 1 aliphatic heterocycles. The summed E-state index contributed by atoms with van der Waals surface area (Å²) in [5.74, 6) is -0.414. The molecule has 1 amide bonds. The maximum Gasteiger partial charge on any atom is 0.339 e. The van der Waals surface area contributed by atoms with E-state index in [1.165, 1.54) is 12.4 Å². The largest absolute Gasteiger partial charge is 0.616 e. The molecule has 0 saturated carbocycles. The minimum Gasteiger partial charge on any atom is -0.616 e. The van der Waals surface area contributed by atoms with E-state index in [-0.39, 0.29) is 18.6 Å². The average Bonchev–Trinajstić information content (AvgIpc) is 2.84. The van der Waals surface area contributed by atoms with Gasteiger partial charge in [0.05, 0.1) is 17.7 Å². The van der Waals surface area contributed by atoms with Gasteiger partial charge in [-0.25, -0.2) is 9.78 Å². The average molecular weight is 459 g/mol. The van der Waals surface area contributed by atoms with E-state index in [9.17, 15) is 14.8 Å². The molecule has 2 aromatic heterocycles. The summed E-state index contributed by atoms with van der Waals surface area (Å²) in [7, 11) is 0. The van der Waals surface area contributed by atoms with Crippen LogP contribution in [0.1, 0.15) is 36.7 Å². The van der Waals surface area contributed by atoms with Gasteiger partial charge < -0.3 is 15.3 Å². The molecule has 174 valence electrons. The number of hydroxylamine groups is 1. The van der Waals surface area contributed by atoms with Crippen molar-refractivity contribution in [3.63, 3.8) is 0 Å². The van der Waals surface area contributed by atoms with E-state index >= 15 is 0 Å². The molecule has 0 fully saturated rings. The molecule has 0 aliphatic carbocycles. The molecule has 8 nitrogen and oxygen atoms in total. The second kappa shape index (κ2) is 9.54. The molecule has 1 unspecified atom stereocenters. The van der Waals surface area contributed by atoms with Crippen molar-refractivity contribution >= 4 is 23.4 Å². The third-order valence-corrected chi connectivity index (χ3v) is 5.42. The Kier molecular flexibility index (Phi) is 6.54. The van der Waals surface area contributed by atoms with E-state index in [1.54, 1.807) is 49.6 Å². The van der Waals surface area contributed by atoms with Gasteiger partial charge in [-0.1, -0.05) is 12.1 Å². The number of aromatic nitrogens is 2. The van der Waals surface area contributed by atoms with Crippen LogP contribution >= 0.6 is 0 Å². The number of pyridine rings is 2. The van der Waals surface area contributed by atoms with Crippen molar-refractivity contribution in [2.75, 3.05) is 6.61 Å². The van der Waals surface area contributed by atoms with Crippen LogP contribution < -0.4 is 9.96 Å².